The summed E-state index contributed by atoms with van der Waals surface area (Å²) >= 11 is 0. The Morgan fingerprint density at radius 1 is 1.36 bits per heavy atom. The van der Waals surface area contributed by atoms with Crippen molar-refractivity contribution < 1.29 is 9.53 Å². The first-order chi connectivity index (χ1) is 13.4. The summed E-state index contributed by atoms with van der Waals surface area (Å²) in [6, 6.07) is 10.3. The molecule has 0 amide bonds. The molecule has 1 aliphatic rings. The van der Waals surface area contributed by atoms with Crippen molar-refractivity contribution in [3.8, 4) is 0 Å². The molecule has 0 spiro atoms. The van der Waals surface area contributed by atoms with Gasteiger partial charge in [-0.15, -0.1) is 0 Å². The molecule has 0 aliphatic carbocycles. The van der Waals surface area contributed by atoms with Crippen molar-refractivity contribution in [1.82, 2.24) is 15.2 Å². The number of nitrogens with one attached hydrogen (secondary N) is 1. The third-order valence-corrected chi connectivity index (χ3v) is 5.31. The molecule has 0 bridgehead atoms. The number of hydrogen-bond donors (Lipinski definition) is 1. The van der Waals surface area contributed by atoms with Gasteiger partial charge in [-0.2, -0.15) is 0 Å². The molecule has 1 N–H and O–H groups in total. The maximum absolute atomic E-state index is 12.0. The molecule has 1 fully saturated rings. The van der Waals surface area contributed by atoms with Gasteiger partial charge in [0.1, 0.15) is 5.82 Å². The SMILES string of the molecule is CN=C(NCc1cc(N(C)C)nc2ccccc12)N1CC(C)C(C(=O)OC)C1. The van der Waals surface area contributed by atoms with Crippen molar-refractivity contribution in [3.05, 3.63) is 35.9 Å². The van der Waals surface area contributed by atoms with Crippen LogP contribution in [0, 0.1) is 11.8 Å². The van der Waals surface area contributed by atoms with E-state index >= 15 is 0 Å². The monoisotopic (exact) mass is 383 g/mol. The lowest BCUT2D eigenvalue weighted by atomic mass is 9.99. The number of para-hydroxylation sites is 1. The minimum Gasteiger partial charge on any atom is -0.469 e. The largest absolute Gasteiger partial charge is 0.469 e. The summed E-state index contributed by atoms with van der Waals surface area (Å²) in [5.41, 5.74) is 2.13. The lowest BCUT2D eigenvalue weighted by Gasteiger charge is -2.22. The van der Waals surface area contributed by atoms with Gasteiger partial charge in [0.05, 0.1) is 18.5 Å². The van der Waals surface area contributed by atoms with Crippen LogP contribution >= 0.6 is 0 Å². The highest BCUT2D eigenvalue weighted by Gasteiger charge is 2.36. The number of methoxy groups -OCH3 is 1. The number of esters is 1. The first-order valence-electron chi connectivity index (χ1n) is 9.54. The average molecular weight is 383 g/mol. The molecule has 1 aliphatic heterocycles. The van der Waals surface area contributed by atoms with Crippen molar-refractivity contribution >= 4 is 28.6 Å². The molecule has 1 aromatic heterocycles. The zero-order valence-electron chi connectivity index (χ0n) is 17.3. The number of guanidine groups is 1. The Hall–Kier alpha value is -2.83. The molecular weight excluding hydrogens is 354 g/mol. The van der Waals surface area contributed by atoms with E-state index in [0.717, 1.165) is 34.8 Å². The topological polar surface area (TPSA) is 70.1 Å². The van der Waals surface area contributed by atoms with Crippen molar-refractivity contribution in [2.24, 2.45) is 16.8 Å². The van der Waals surface area contributed by atoms with Crippen molar-refractivity contribution in [1.29, 1.82) is 0 Å². The standard InChI is InChI=1S/C21H29N5O2/c1-14-12-26(13-17(14)20(27)28-5)21(22-2)23-11-15-10-19(25(3)4)24-18-9-7-6-8-16(15)18/h6-10,14,17H,11-13H2,1-5H3,(H,22,23). The second kappa shape index (κ2) is 8.46. The molecule has 2 heterocycles. The third-order valence-electron chi connectivity index (χ3n) is 5.31. The summed E-state index contributed by atoms with van der Waals surface area (Å²) in [5, 5.41) is 4.58. The molecule has 1 saturated heterocycles. The molecule has 1 aromatic carbocycles. The Balaban J connectivity index is 1.78. The van der Waals surface area contributed by atoms with E-state index in [4.69, 9.17) is 9.72 Å². The number of hydrogen-bond acceptors (Lipinski definition) is 5. The van der Waals surface area contributed by atoms with Crippen LogP contribution in [0.1, 0.15) is 12.5 Å². The number of anilines is 1. The first kappa shape index (κ1) is 19.9. The number of pyridine rings is 1. The quantitative estimate of drug-likeness (QED) is 0.495. The van der Waals surface area contributed by atoms with E-state index in [1.54, 1.807) is 7.05 Å². The van der Waals surface area contributed by atoms with Crippen LogP contribution in [0.3, 0.4) is 0 Å². The molecule has 150 valence electrons. The van der Waals surface area contributed by atoms with Crippen molar-refractivity contribution in [3.63, 3.8) is 0 Å². The van der Waals surface area contributed by atoms with Gasteiger partial charge in [0.25, 0.3) is 0 Å². The minimum absolute atomic E-state index is 0.120. The van der Waals surface area contributed by atoms with Crippen LogP contribution in [0.25, 0.3) is 10.9 Å². The van der Waals surface area contributed by atoms with Gasteiger partial charge in [-0.25, -0.2) is 4.98 Å². The van der Waals surface area contributed by atoms with Crippen LogP contribution in [0.15, 0.2) is 35.3 Å². The van der Waals surface area contributed by atoms with Crippen molar-refractivity contribution in [2.75, 3.05) is 46.2 Å². The van der Waals surface area contributed by atoms with Gasteiger partial charge in [-0.1, -0.05) is 25.1 Å². The van der Waals surface area contributed by atoms with Gasteiger partial charge in [0.2, 0.25) is 0 Å². The summed E-state index contributed by atoms with van der Waals surface area (Å²) in [6.07, 6.45) is 0. The van der Waals surface area contributed by atoms with Gasteiger partial charge in [-0.3, -0.25) is 9.79 Å². The molecule has 7 heteroatoms. The number of benzene rings is 1. The Morgan fingerprint density at radius 3 is 2.79 bits per heavy atom. The van der Waals surface area contributed by atoms with Crippen LogP contribution in [0.4, 0.5) is 5.82 Å². The fourth-order valence-corrected chi connectivity index (χ4v) is 3.71. The number of fused-ring (bicyclic) bond motifs is 1. The lowest BCUT2D eigenvalue weighted by Crippen LogP contribution is -2.40. The highest BCUT2D eigenvalue weighted by atomic mass is 16.5. The number of ether oxygens (including phenoxy) is 1. The summed E-state index contributed by atoms with van der Waals surface area (Å²) < 4.78 is 4.94. The van der Waals surface area contributed by atoms with Gasteiger partial charge < -0.3 is 19.9 Å². The second-order valence-electron chi connectivity index (χ2n) is 7.46. The number of likely N-dealkylation sites (tertiary alicyclic amines) is 1. The fourth-order valence-electron chi connectivity index (χ4n) is 3.71. The molecule has 2 unspecified atom stereocenters. The summed E-state index contributed by atoms with van der Waals surface area (Å²) in [5.74, 6) is 1.68. The third kappa shape index (κ3) is 4.03. The van der Waals surface area contributed by atoms with Crippen LogP contribution in [-0.4, -0.2) is 63.2 Å². The van der Waals surface area contributed by atoms with E-state index < -0.39 is 0 Å². The van der Waals surface area contributed by atoms with Crippen molar-refractivity contribution in [2.45, 2.75) is 13.5 Å². The Labute approximate surface area is 166 Å². The first-order valence-corrected chi connectivity index (χ1v) is 9.54. The van der Waals surface area contributed by atoms with Gasteiger partial charge in [-0.05, 0) is 23.6 Å². The maximum atomic E-state index is 12.0. The number of aromatic nitrogens is 1. The van der Waals surface area contributed by atoms with E-state index in [2.05, 4.69) is 34.3 Å². The fraction of sp³-hybridized carbons (Fsp3) is 0.476. The van der Waals surface area contributed by atoms with Gasteiger partial charge in [0.15, 0.2) is 5.96 Å². The van der Waals surface area contributed by atoms with Gasteiger partial charge >= 0.3 is 5.97 Å². The Morgan fingerprint density at radius 2 is 2.11 bits per heavy atom. The molecular formula is C21H29N5O2. The smallest absolute Gasteiger partial charge is 0.310 e. The second-order valence-corrected chi connectivity index (χ2v) is 7.46. The van der Waals surface area contributed by atoms with E-state index in [-0.39, 0.29) is 17.8 Å². The predicted molar refractivity (Wildman–Crippen MR) is 113 cm³/mol. The Bertz CT molecular complexity index is 880. The number of aliphatic imine (C=N–C) groups is 1. The zero-order chi connectivity index (χ0) is 20.3. The van der Waals surface area contributed by atoms with E-state index in [1.165, 1.54) is 7.11 Å². The molecule has 2 aromatic rings. The highest BCUT2D eigenvalue weighted by Crippen LogP contribution is 2.25. The Kier molecular flexibility index (Phi) is 6.02. The minimum atomic E-state index is -0.152. The molecule has 2 atom stereocenters. The van der Waals surface area contributed by atoms with Crippen LogP contribution < -0.4 is 10.2 Å². The molecule has 3 rings (SSSR count). The predicted octanol–water partition coefficient (Wildman–Crippen LogP) is 2.12. The van der Waals surface area contributed by atoms with E-state index in [1.807, 2.05) is 37.2 Å². The lowest BCUT2D eigenvalue weighted by molar-refractivity contribution is -0.145. The highest BCUT2D eigenvalue weighted by molar-refractivity contribution is 5.86. The van der Waals surface area contributed by atoms with E-state index in [9.17, 15) is 4.79 Å². The zero-order valence-corrected chi connectivity index (χ0v) is 17.3. The molecule has 7 nitrogen and oxygen atoms in total. The number of rotatable bonds is 4. The number of carbonyl (C=O) groups is 1. The average Bonchev–Trinajstić information content (AvgIpc) is 3.08. The summed E-state index contributed by atoms with van der Waals surface area (Å²) in [7, 11) is 7.20. The molecule has 28 heavy (non-hydrogen) atoms. The van der Waals surface area contributed by atoms with E-state index in [0.29, 0.717) is 13.1 Å². The number of carbonyl (C=O) groups excluding carboxylic acids is 1. The summed E-state index contributed by atoms with van der Waals surface area (Å²) in [6.45, 7) is 4.10. The van der Waals surface area contributed by atoms with Crippen LogP contribution in [-0.2, 0) is 16.1 Å². The van der Waals surface area contributed by atoms with Gasteiger partial charge in [0, 0.05) is 46.2 Å². The molecule has 0 radical (unpaired) electrons. The maximum Gasteiger partial charge on any atom is 0.310 e. The normalized spacial score (nSPS) is 19.8. The number of nitrogens with zero attached hydrogens (tertiary/aromatic N) is 4. The van der Waals surface area contributed by atoms with Crippen LogP contribution in [0.5, 0.6) is 0 Å². The van der Waals surface area contributed by atoms with Crippen LogP contribution in [0.2, 0.25) is 0 Å². The molecule has 0 saturated carbocycles. The summed E-state index contributed by atoms with van der Waals surface area (Å²) in [4.78, 5) is 25.3.